The van der Waals surface area contributed by atoms with Crippen molar-refractivity contribution in [2.24, 2.45) is 11.5 Å². The molecule has 7 N–H and O–H groups in total. The predicted molar refractivity (Wildman–Crippen MR) is 53.5 cm³/mol. The highest BCUT2D eigenvalue weighted by Gasteiger charge is 2.49. The Balaban J connectivity index is 3.55. The number of nitrogens with two attached hydrogens (primary N) is 2. The van der Waals surface area contributed by atoms with Crippen molar-refractivity contribution in [3.05, 3.63) is 22.9 Å². The number of allylic oxidation sites excluding steroid dienone is 2. The molecule has 16 heavy (non-hydrogen) atoms. The highest BCUT2D eigenvalue weighted by molar-refractivity contribution is 7.93. The van der Waals surface area contributed by atoms with Crippen molar-refractivity contribution in [3.8, 4) is 0 Å². The summed E-state index contributed by atoms with van der Waals surface area (Å²) >= 11 is 0. The first-order chi connectivity index (χ1) is 6.98. The van der Waals surface area contributed by atoms with Crippen molar-refractivity contribution in [1.82, 2.24) is 5.32 Å². The first-order valence-corrected chi connectivity index (χ1v) is 6.56. The minimum absolute atomic E-state index is 0.285. The van der Waals surface area contributed by atoms with E-state index in [0.29, 0.717) is 6.08 Å². The summed E-state index contributed by atoms with van der Waals surface area (Å²) in [5.74, 6) is -0.285. The third-order valence-corrected chi connectivity index (χ3v) is 4.07. The number of hydrogen-bond acceptors (Lipinski definition) is 7. The molecule has 1 aliphatic rings. The highest BCUT2D eigenvalue weighted by atomic mass is 32.2. The van der Waals surface area contributed by atoms with Crippen molar-refractivity contribution in [2.45, 2.75) is 4.99 Å². The van der Waals surface area contributed by atoms with Crippen molar-refractivity contribution in [2.75, 3.05) is 0 Å². The Bertz CT molecular complexity index is 573. The average molecular weight is 271 g/mol. The van der Waals surface area contributed by atoms with Gasteiger partial charge in [0.1, 0.15) is 4.91 Å². The Morgan fingerprint density at radius 3 is 2.06 bits per heavy atom. The molecule has 0 amide bonds. The van der Waals surface area contributed by atoms with E-state index in [1.54, 1.807) is 0 Å². The minimum Gasteiger partial charge on any atom is -0.385 e. The monoisotopic (exact) mass is 271 g/mol. The predicted octanol–water partition coefficient (Wildman–Crippen LogP) is -2.34. The Kier molecular flexibility index (Phi) is 2.77. The minimum atomic E-state index is -5.05. The standard InChI is InChI=1S/C5H9N3O6S2/c6-4-2-1-3(15(9,10)11)5(7,8-4)16(12,13)14/h1-2,8H,6-7H2,(H,9,10,11)(H,12,13,14). The quantitative estimate of drug-likeness (QED) is 0.345. The second-order valence-electron chi connectivity index (χ2n) is 2.96. The molecule has 0 aliphatic carbocycles. The van der Waals surface area contributed by atoms with Gasteiger partial charge in [0.2, 0.25) is 0 Å². The lowest BCUT2D eigenvalue weighted by Gasteiger charge is -2.31. The van der Waals surface area contributed by atoms with Gasteiger partial charge < -0.3 is 11.1 Å². The van der Waals surface area contributed by atoms with Crippen LogP contribution in [0.5, 0.6) is 0 Å². The van der Waals surface area contributed by atoms with Crippen molar-refractivity contribution >= 4 is 20.2 Å². The molecule has 1 aliphatic heterocycles. The SMILES string of the molecule is NC1=CC=C(S(=O)(=O)O)C(N)(S(=O)(=O)O)N1. The fraction of sp³-hybridized carbons (Fsp3) is 0.200. The molecule has 0 aromatic heterocycles. The van der Waals surface area contributed by atoms with E-state index in [1.807, 2.05) is 5.32 Å². The van der Waals surface area contributed by atoms with Crippen LogP contribution >= 0.6 is 0 Å². The first-order valence-electron chi connectivity index (χ1n) is 3.68. The molecule has 0 fully saturated rings. The summed E-state index contributed by atoms with van der Waals surface area (Å²) < 4.78 is 61.3. The van der Waals surface area contributed by atoms with Gasteiger partial charge in [0, 0.05) is 0 Å². The van der Waals surface area contributed by atoms with Gasteiger partial charge in [-0.25, -0.2) is 0 Å². The topological polar surface area (TPSA) is 173 Å². The van der Waals surface area contributed by atoms with Crippen LogP contribution in [-0.4, -0.2) is 30.9 Å². The van der Waals surface area contributed by atoms with Gasteiger partial charge in [-0.15, -0.1) is 0 Å². The van der Waals surface area contributed by atoms with Gasteiger partial charge in [0.25, 0.3) is 15.1 Å². The Morgan fingerprint density at radius 1 is 1.19 bits per heavy atom. The van der Waals surface area contributed by atoms with E-state index in [9.17, 15) is 16.8 Å². The van der Waals surface area contributed by atoms with Gasteiger partial charge in [-0.05, 0) is 12.2 Å². The molecule has 0 saturated carbocycles. The third kappa shape index (κ3) is 2.03. The summed E-state index contributed by atoms with van der Waals surface area (Å²) in [7, 11) is -9.96. The Hall–Kier alpha value is -1.14. The number of nitrogens with one attached hydrogen (secondary N) is 1. The number of hydrogen-bond donors (Lipinski definition) is 5. The molecule has 0 aromatic carbocycles. The largest absolute Gasteiger partial charge is 0.385 e. The van der Waals surface area contributed by atoms with Crippen molar-refractivity contribution in [3.63, 3.8) is 0 Å². The molecule has 0 saturated heterocycles. The summed E-state index contributed by atoms with van der Waals surface area (Å²) in [6.45, 7) is 0. The van der Waals surface area contributed by atoms with Crippen LogP contribution in [0.15, 0.2) is 22.9 Å². The van der Waals surface area contributed by atoms with E-state index >= 15 is 0 Å². The van der Waals surface area contributed by atoms with E-state index in [1.165, 1.54) is 0 Å². The molecule has 0 aromatic rings. The van der Waals surface area contributed by atoms with E-state index in [2.05, 4.69) is 0 Å². The maximum atomic E-state index is 11.0. The van der Waals surface area contributed by atoms with Crippen LogP contribution in [-0.2, 0) is 20.2 Å². The maximum Gasteiger partial charge on any atom is 0.308 e. The van der Waals surface area contributed by atoms with E-state index in [0.717, 1.165) is 6.08 Å². The van der Waals surface area contributed by atoms with Gasteiger partial charge in [0.05, 0.1) is 5.82 Å². The molecule has 11 heteroatoms. The molecule has 1 rings (SSSR count). The van der Waals surface area contributed by atoms with Crippen LogP contribution in [0.4, 0.5) is 0 Å². The van der Waals surface area contributed by atoms with Crippen LogP contribution in [0.2, 0.25) is 0 Å². The molecule has 92 valence electrons. The van der Waals surface area contributed by atoms with Crippen LogP contribution < -0.4 is 16.8 Å². The second kappa shape index (κ2) is 3.43. The molecule has 1 atom stereocenters. The molecule has 0 bridgehead atoms. The first kappa shape index (κ1) is 12.9. The normalized spacial score (nSPS) is 26.7. The molecule has 1 unspecified atom stereocenters. The molecule has 9 nitrogen and oxygen atoms in total. The number of dihydropyridines is 1. The van der Waals surface area contributed by atoms with Gasteiger partial charge >= 0.3 is 10.1 Å². The third-order valence-electron chi connectivity index (χ3n) is 1.80. The van der Waals surface area contributed by atoms with Gasteiger partial charge in [-0.2, -0.15) is 16.8 Å². The van der Waals surface area contributed by atoms with E-state index in [-0.39, 0.29) is 5.82 Å². The summed E-state index contributed by atoms with van der Waals surface area (Å²) in [5, 5.41) is 1.86. The second-order valence-corrected chi connectivity index (χ2v) is 5.95. The summed E-state index contributed by atoms with van der Waals surface area (Å²) in [6.07, 6.45) is 1.65. The fourth-order valence-electron chi connectivity index (χ4n) is 1.08. The molecule has 0 radical (unpaired) electrons. The van der Waals surface area contributed by atoms with Gasteiger partial charge in [0.15, 0.2) is 0 Å². The van der Waals surface area contributed by atoms with Crippen LogP contribution in [0.3, 0.4) is 0 Å². The maximum absolute atomic E-state index is 11.0. The fourth-order valence-corrected chi connectivity index (χ4v) is 2.95. The zero-order chi connectivity index (χ0) is 12.8. The average Bonchev–Trinajstić information content (AvgIpc) is 1.98. The molecule has 0 spiro atoms. The molecular weight excluding hydrogens is 262 g/mol. The highest BCUT2D eigenvalue weighted by Crippen LogP contribution is 2.25. The lowest BCUT2D eigenvalue weighted by atomic mass is 10.3. The van der Waals surface area contributed by atoms with Crippen LogP contribution in [0, 0.1) is 0 Å². The zero-order valence-electron chi connectivity index (χ0n) is 7.65. The van der Waals surface area contributed by atoms with Crippen molar-refractivity contribution < 1.29 is 25.9 Å². The van der Waals surface area contributed by atoms with Gasteiger partial charge in [-0.1, -0.05) is 0 Å². The lowest BCUT2D eigenvalue weighted by molar-refractivity contribution is 0.417. The summed E-state index contributed by atoms with van der Waals surface area (Å²) in [4.78, 5) is -4.03. The summed E-state index contributed by atoms with van der Waals surface area (Å²) in [6, 6.07) is 0. The zero-order valence-corrected chi connectivity index (χ0v) is 9.29. The Labute approximate surface area is 91.3 Å². The van der Waals surface area contributed by atoms with Gasteiger partial charge in [-0.3, -0.25) is 14.8 Å². The summed E-state index contributed by atoms with van der Waals surface area (Å²) in [5.41, 5.74) is 10.4. The lowest BCUT2D eigenvalue weighted by Crippen LogP contribution is -2.63. The molecular formula is C5H9N3O6S2. The van der Waals surface area contributed by atoms with Crippen molar-refractivity contribution in [1.29, 1.82) is 0 Å². The smallest absolute Gasteiger partial charge is 0.308 e. The van der Waals surface area contributed by atoms with Crippen LogP contribution in [0.1, 0.15) is 0 Å². The number of rotatable bonds is 2. The molecule has 1 heterocycles. The Morgan fingerprint density at radius 2 is 1.69 bits per heavy atom. The van der Waals surface area contributed by atoms with E-state index < -0.39 is 30.1 Å². The van der Waals surface area contributed by atoms with Crippen LogP contribution in [0.25, 0.3) is 0 Å². The van der Waals surface area contributed by atoms with E-state index in [4.69, 9.17) is 20.6 Å².